The zero-order valence-corrected chi connectivity index (χ0v) is 13.1. The number of rotatable bonds is 2. The van der Waals surface area contributed by atoms with E-state index in [1.165, 1.54) is 0 Å². The van der Waals surface area contributed by atoms with Crippen molar-refractivity contribution in [3.63, 3.8) is 0 Å². The lowest BCUT2D eigenvalue weighted by Crippen LogP contribution is -1.90. The Balaban J connectivity index is 2.09. The van der Waals surface area contributed by atoms with Crippen molar-refractivity contribution in [1.29, 1.82) is 0 Å². The highest BCUT2D eigenvalue weighted by Crippen LogP contribution is 2.34. The van der Waals surface area contributed by atoms with Crippen LogP contribution in [0.2, 0.25) is 10.0 Å². The molecule has 0 saturated heterocycles. The Bertz CT molecular complexity index is 795. The number of nitrogens with zero attached hydrogens (tertiary/aromatic N) is 2. The Labute approximate surface area is 133 Å². The zero-order chi connectivity index (χ0) is 14.1. The first-order valence-corrected chi connectivity index (χ1v) is 7.21. The van der Waals surface area contributed by atoms with Crippen LogP contribution in [0.1, 0.15) is 0 Å². The van der Waals surface area contributed by atoms with Gasteiger partial charge in [-0.05, 0) is 34.1 Å². The van der Waals surface area contributed by atoms with Crippen molar-refractivity contribution >= 4 is 50.2 Å². The van der Waals surface area contributed by atoms with Crippen molar-refractivity contribution in [1.82, 2.24) is 9.97 Å². The highest BCUT2D eigenvalue weighted by molar-refractivity contribution is 9.10. The Kier molecular flexibility index (Phi) is 3.78. The fourth-order valence-electron chi connectivity index (χ4n) is 1.74. The van der Waals surface area contributed by atoms with Gasteiger partial charge in [-0.1, -0.05) is 23.2 Å². The molecule has 20 heavy (non-hydrogen) atoms. The normalized spacial score (nSPS) is 10.8. The summed E-state index contributed by atoms with van der Waals surface area (Å²) in [5.41, 5.74) is 1.39. The summed E-state index contributed by atoms with van der Waals surface area (Å²) >= 11 is 15.4. The lowest BCUT2D eigenvalue weighted by molar-refractivity contribution is 0.487. The van der Waals surface area contributed by atoms with Gasteiger partial charge in [0.2, 0.25) is 0 Å². The molecule has 0 amide bonds. The third-order valence-electron chi connectivity index (χ3n) is 2.62. The number of halogens is 3. The van der Waals surface area contributed by atoms with E-state index >= 15 is 0 Å². The van der Waals surface area contributed by atoms with Crippen molar-refractivity contribution in [3.8, 4) is 11.5 Å². The first-order chi connectivity index (χ1) is 9.63. The molecule has 0 bridgehead atoms. The van der Waals surface area contributed by atoms with Crippen molar-refractivity contribution in [2.75, 3.05) is 0 Å². The number of hydrogen-bond donors (Lipinski definition) is 0. The third kappa shape index (κ3) is 2.73. The molecule has 0 aliphatic rings. The summed E-state index contributed by atoms with van der Waals surface area (Å²) in [5.74, 6) is 1.06. The molecule has 0 N–H and O–H groups in total. The van der Waals surface area contributed by atoms with Crippen LogP contribution in [0.4, 0.5) is 0 Å². The van der Waals surface area contributed by atoms with Gasteiger partial charge in [0.05, 0.1) is 10.5 Å². The summed E-state index contributed by atoms with van der Waals surface area (Å²) in [6, 6.07) is 8.66. The number of aromatic nitrogens is 2. The molecule has 0 fully saturated rings. The highest BCUT2D eigenvalue weighted by Gasteiger charge is 2.09. The molecular weight excluding hydrogens is 363 g/mol. The average Bonchev–Trinajstić information content (AvgIpc) is 2.43. The molecule has 0 atom stereocenters. The molecule has 2 heterocycles. The van der Waals surface area contributed by atoms with Gasteiger partial charge in [-0.2, -0.15) is 0 Å². The molecule has 3 nitrogen and oxygen atoms in total. The summed E-state index contributed by atoms with van der Waals surface area (Å²) in [6.07, 6.45) is 3.35. The van der Waals surface area contributed by atoms with Gasteiger partial charge in [0.1, 0.15) is 11.3 Å². The molecule has 100 valence electrons. The maximum absolute atomic E-state index is 6.10. The van der Waals surface area contributed by atoms with Crippen LogP contribution in [-0.2, 0) is 0 Å². The number of hydrogen-bond acceptors (Lipinski definition) is 3. The van der Waals surface area contributed by atoms with Crippen LogP contribution < -0.4 is 4.74 Å². The van der Waals surface area contributed by atoms with Crippen LogP contribution >= 0.6 is 39.1 Å². The molecule has 0 aliphatic heterocycles. The van der Waals surface area contributed by atoms with Gasteiger partial charge < -0.3 is 4.74 Å². The average molecular weight is 370 g/mol. The largest absolute Gasteiger partial charge is 0.453 e. The van der Waals surface area contributed by atoms with Gasteiger partial charge in [-0.15, -0.1) is 0 Å². The van der Waals surface area contributed by atoms with Crippen molar-refractivity contribution < 1.29 is 4.74 Å². The van der Waals surface area contributed by atoms with E-state index in [-0.39, 0.29) is 0 Å². The molecule has 0 unspecified atom stereocenters. The summed E-state index contributed by atoms with van der Waals surface area (Å²) in [7, 11) is 0. The highest BCUT2D eigenvalue weighted by atomic mass is 79.9. The van der Waals surface area contributed by atoms with Crippen LogP contribution in [0.25, 0.3) is 11.0 Å². The predicted octanol–water partition coefficient (Wildman–Crippen LogP) is 5.49. The molecule has 3 rings (SSSR count). The maximum atomic E-state index is 6.10. The van der Waals surface area contributed by atoms with E-state index < -0.39 is 0 Å². The zero-order valence-electron chi connectivity index (χ0n) is 9.98. The molecular formula is C14H7BrCl2N2O. The predicted molar refractivity (Wildman–Crippen MR) is 83.8 cm³/mol. The lowest BCUT2D eigenvalue weighted by Gasteiger charge is -2.09. The first kappa shape index (κ1) is 13.6. The molecule has 0 spiro atoms. The lowest BCUT2D eigenvalue weighted by atomic mass is 10.3. The quantitative estimate of drug-likeness (QED) is 0.598. The van der Waals surface area contributed by atoms with Gasteiger partial charge in [0.15, 0.2) is 5.75 Å². The Hall–Kier alpha value is -1.36. The maximum Gasteiger partial charge on any atom is 0.156 e. The third-order valence-corrected chi connectivity index (χ3v) is 3.60. The number of pyridine rings is 2. The van der Waals surface area contributed by atoms with Crippen LogP contribution in [0.15, 0.2) is 47.2 Å². The summed E-state index contributed by atoms with van der Waals surface area (Å²) in [6.45, 7) is 0. The van der Waals surface area contributed by atoms with E-state index in [0.717, 1.165) is 9.99 Å². The molecule has 1 aromatic carbocycles. The van der Waals surface area contributed by atoms with E-state index in [1.807, 2.05) is 6.07 Å². The smallest absolute Gasteiger partial charge is 0.156 e. The fraction of sp³-hybridized carbons (Fsp3) is 0. The van der Waals surface area contributed by atoms with Crippen molar-refractivity contribution in [2.45, 2.75) is 0 Å². The Morgan fingerprint density at radius 3 is 2.70 bits per heavy atom. The second-order valence-corrected chi connectivity index (χ2v) is 5.77. The topological polar surface area (TPSA) is 35.0 Å². The number of benzene rings is 1. The van der Waals surface area contributed by atoms with Gasteiger partial charge in [0.25, 0.3) is 0 Å². The minimum atomic E-state index is 0.483. The molecule has 6 heteroatoms. The van der Waals surface area contributed by atoms with Crippen LogP contribution in [0.5, 0.6) is 11.5 Å². The second kappa shape index (κ2) is 5.56. The van der Waals surface area contributed by atoms with Crippen LogP contribution in [0.3, 0.4) is 0 Å². The number of ether oxygens (including phenoxy) is 1. The molecule has 0 radical (unpaired) electrons. The van der Waals surface area contributed by atoms with E-state index in [1.54, 1.807) is 36.7 Å². The fourth-order valence-corrected chi connectivity index (χ4v) is 2.37. The van der Waals surface area contributed by atoms with E-state index in [2.05, 4.69) is 25.9 Å². The van der Waals surface area contributed by atoms with Crippen LogP contribution in [-0.4, -0.2) is 9.97 Å². The second-order valence-electron chi connectivity index (χ2n) is 4.01. The van der Waals surface area contributed by atoms with Gasteiger partial charge in [-0.3, -0.25) is 4.98 Å². The minimum absolute atomic E-state index is 0.483. The van der Waals surface area contributed by atoms with Gasteiger partial charge >= 0.3 is 0 Å². The van der Waals surface area contributed by atoms with Crippen molar-refractivity contribution in [2.24, 2.45) is 0 Å². The summed E-state index contributed by atoms with van der Waals surface area (Å²) in [4.78, 5) is 8.57. The van der Waals surface area contributed by atoms with Gasteiger partial charge in [0, 0.05) is 34.0 Å². The monoisotopic (exact) mass is 368 g/mol. The minimum Gasteiger partial charge on any atom is -0.453 e. The van der Waals surface area contributed by atoms with Crippen LogP contribution in [0, 0.1) is 0 Å². The number of fused-ring (bicyclic) bond motifs is 1. The van der Waals surface area contributed by atoms with E-state index in [0.29, 0.717) is 27.1 Å². The summed E-state index contributed by atoms with van der Waals surface area (Å²) in [5, 5.41) is 1.04. The standard InChI is InChI=1S/C14H7BrCl2N2O/c15-8-5-11-14(19-7-8)12(3-4-18-11)20-13-6-9(16)1-2-10(13)17/h1-7H. The molecule has 3 aromatic rings. The molecule has 0 aliphatic carbocycles. The Morgan fingerprint density at radius 1 is 1.00 bits per heavy atom. The Morgan fingerprint density at radius 2 is 1.85 bits per heavy atom. The molecule has 2 aromatic heterocycles. The first-order valence-electron chi connectivity index (χ1n) is 5.66. The van der Waals surface area contributed by atoms with Crippen molar-refractivity contribution in [3.05, 3.63) is 57.2 Å². The van der Waals surface area contributed by atoms with Gasteiger partial charge in [-0.25, -0.2) is 4.98 Å². The SMILES string of the molecule is Clc1ccc(Cl)c(Oc2ccnc3cc(Br)cnc23)c1. The van der Waals surface area contributed by atoms with E-state index in [9.17, 15) is 0 Å². The summed E-state index contributed by atoms with van der Waals surface area (Å²) < 4.78 is 6.67. The molecule has 0 saturated carbocycles. The van der Waals surface area contributed by atoms with E-state index in [4.69, 9.17) is 27.9 Å².